The van der Waals surface area contributed by atoms with Gasteiger partial charge in [0.1, 0.15) is 0 Å². The van der Waals surface area contributed by atoms with E-state index in [9.17, 15) is 0 Å². The maximum absolute atomic E-state index is 2.46. The predicted octanol–water partition coefficient (Wildman–Crippen LogP) is 16.8. The third kappa shape index (κ3) is 5.94. The minimum absolute atomic E-state index is 1.20. The van der Waals surface area contributed by atoms with Crippen LogP contribution < -0.4 is 0 Å². The maximum atomic E-state index is 2.46. The third-order valence-corrected chi connectivity index (χ3v) is 11.6. The Balaban J connectivity index is 0.00000201. The molecule has 0 heteroatoms. The summed E-state index contributed by atoms with van der Waals surface area (Å²) < 4.78 is 0. The highest BCUT2D eigenvalue weighted by Crippen LogP contribution is 2.47. The molecule has 11 aromatic carbocycles. The van der Waals surface area contributed by atoms with E-state index in [0.29, 0.717) is 0 Å². The number of hydrogen-bond donors (Lipinski definition) is 0. The van der Waals surface area contributed by atoms with Gasteiger partial charge in [0.15, 0.2) is 0 Å². The fraction of sp³-hybridized carbons (Fsp3) is 0.0345. The van der Waals surface area contributed by atoms with Crippen molar-refractivity contribution < 1.29 is 0 Å². The second-order valence-electron chi connectivity index (χ2n) is 14.8. The largest absolute Gasteiger partial charge is 0.0683 e. The molecule has 0 bridgehead atoms. The average molecular weight is 739 g/mol. The topological polar surface area (TPSA) is 0 Å². The predicted molar refractivity (Wildman–Crippen MR) is 252 cm³/mol. The lowest BCUT2D eigenvalue weighted by atomic mass is 9.82. The van der Waals surface area contributed by atoms with Crippen molar-refractivity contribution in [2.75, 3.05) is 0 Å². The summed E-state index contributed by atoms with van der Waals surface area (Å²) in [5.74, 6) is 0. The molecule has 11 rings (SSSR count). The van der Waals surface area contributed by atoms with E-state index in [1.54, 1.807) is 0 Å². The average Bonchev–Trinajstić information content (AvgIpc) is 3.31. The molecule has 0 saturated heterocycles. The van der Waals surface area contributed by atoms with Crippen LogP contribution in [-0.2, 0) is 0 Å². The Morgan fingerprint density at radius 1 is 0.207 bits per heavy atom. The summed E-state index contributed by atoms with van der Waals surface area (Å²) in [7, 11) is 0. The summed E-state index contributed by atoms with van der Waals surface area (Å²) in [5, 5.41) is 12.6. The Hall–Kier alpha value is -7.28. The SMILES string of the molecule is CC.c1ccc(-c2c3ccccc3c(-c3ccc(-c4ccc5ccccc5c4)c(-c4ccccc4-c4cc5ccccc5c5ccccc45)c3)c3ccccc23)cc1. The number of rotatable bonds is 5. The third-order valence-electron chi connectivity index (χ3n) is 11.6. The summed E-state index contributed by atoms with van der Waals surface area (Å²) in [6, 6.07) is 80.5. The highest BCUT2D eigenvalue weighted by Gasteiger charge is 2.20. The molecule has 0 amide bonds. The van der Waals surface area contributed by atoms with Crippen LogP contribution in [0.5, 0.6) is 0 Å². The maximum Gasteiger partial charge on any atom is -0.00261 e. The van der Waals surface area contributed by atoms with Crippen LogP contribution >= 0.6 is 0 Å². The van der Waals surface area contributed by atoms with Crippen LogP contribution in [0.3, 0.4) is 0 Å². The van der Waals surface area contributed by atoms with Crippen molar-refractivity contribution in [3.05, 3.63) is 218 Å². The van der Waals surface area contributed by atoms with Crippen LogP contribution in [0.2, 0.25) is 0 Å². The zero-order chi connectivity index (χ0) is 39.0. The number of benzene rings is 11. The van der Waals surface area contributed by atoms with Crippen LogP contribution in [0.15, 0.2) is 218 Å². The van der Waals surface area contributed by atoms with Crippen LogP contribution in [0, 0.1) is 0 Å². The van der Waals surface area contributed by atoms with E-state index < -0.39 is 0 Å². The number of fused-ring (bicyclic) bond motifs is 6. The minimum Gasteiger partial charge on any atom is -0.0683 e. The van der Waals surface area contributed by atoms with E-state index >= 15 is 0 Å². The standard InChI is InChI=1S/C56H36.C2H6/c1-2-17-38(18-3-1)55-49-26-12-14-28-51(49)56(52-29-15-13-27-50(52)55)42-32-33-44(41-31-30-37-16-4-5-19-39(37)34-41)53(36-42)47-24-10-11-25-48(47)54-35-40-20-6-7-21-43(40)45-22-8-9-23-46(45)54;1-2/h1-36H;1-2H3. The molecular weight excluding hydrogens is 697 g/mol. The lowest BCUT2D eigenvalue weighted by Gasteiger charge is -2.21. The zero-order valence-corrected chi connectivity index (χ0v) is 32.8. The summed E-state index contributed by atoms with van der Waals surface area (Å²) >= 11 is 0. The van der Waals surface area contributed by atoms with Gasteiger partial charge in [-0.3, -0.25) is 0 Å². The second-order valence-corrected chi connectivity index (χ2v) is 14.8. The molecule has 0 unspecified atom stereocenters. The second kappa shape index (κ2) is 15.0. The molecule has 0 aliphatic heterocycles. The van der Waals surface area contributed by atoms with E-state index in [4.69, 9.17) is 0 Å². The van der Waals surface area contributed by atoms with Crippen molar-refractivity contribution >= 4 is 53.9 Å². The first kappa shape index (κ1) is 35.2. The lowest BCUT2D eigenvalue weighted by Crippen LogP contribution is -1.94. The van der Waals surface area contributed by atoms with Gasteiger partial charge < -0.3 is 0 Å². The fourth-order valence-electron chi connectivity index (χ4n) is 9.12. The molecule has 274 valence electrons. The Bertz CT molecular complexity index is 3240. The highest BCUT2D eigenvalue weighted by molar-refractivity contribution is 6.22. The van der Waals surface area contributed by atoms with Crippen molar-refractivity contribution in [1.29, 1.82) is 0 Å². The number of hydrogen-bond acceptors (Lipinski definition) is 0. The molecule has 0 radical (unpaired) electrons. The van der Waals surface area contributed by atoms with Gasteiger partial charge in [-0.05, 0) is 128 Å². The van der Waals surface area contributed by atoms with Gasteiger partial charge in [0.25, 0.3) is 0 Å². The Labute approximate surface area is 340 Å². The molecule has 58 heavy (non-hydrogen) atoms. The van der Waals surface area contributed by atoms with E-state index in [-0.39, 0.29) is 0 Å². The van der Waals surface area contributed by atoms with Gasteiger partial charge in [0, 0.05) is 0 Å². The van der Waals surface area contributed by atoms with Crippen molar-refractivity contribution in [2.24, 2.45) is 0 Å². The smallest absolute Gasteiger partial charge is 0.00261 e. The molecule has 11 aromatic rings. The van der Waals surface area contributed by atoms with Crippen molar-refractivity contribution in [3.63, 3.8) is 0 Å². The summed E-state index contributed by atoms with van der Waals surface area (Å²) in [6.45, 7) is 4.00. The van der Waals surface area contributed by atoms with Gasteiger partial charge in [0.05, 0.1) is 0 Å². The first-order chi connectivity index (χ1) is 28.8. The van der Waals surface area contributed by atoms with Gasteiger partial charge >= 0.3 is 0 Å². The van der Waals surface area contributed by atoms with Gasteiger partial charge in [-0.1, -0.05) is 214 Å². The monoisotopic (exact) mass is 738 g/mol. The Morgan fingerprint density at radius 3 is 1.33 bits per heavy atom. The van der Waals surface area contributed by atoms with E-state index in [2.05, 4.69) is 218 Å². The summed E-state index contributed by atoms with van der Waals surface area (Å²) in [4.78, 5) is 0. The molecule has 0 aliphatic rings. The van der Waals surface area contributed by atoms with Crippen LogP contribution in [0.4, 0.5) is 0 Å². The molecular formula is C58H42. The molecule has 0 heterocycles. The first-order valence-corrected chi connectivity index (χ1v) is 20.4. The van der Waals surface area contributed by atoms with E-state index in [0.717, 1.165) is 0 Å². The lowest BCUT2D eigenvalue weighted by molar-refractivity contribution is 1.50. The van der Waals surface area contributed by atoms with Crippen LogP contribution in [-0.4, -0.2) is 0 Å². The van der Waals surface area contributed by atoms with Crippen molar-refractivity contribution in [2.45, 2.75) is 13.8 Å². The molecule has 0 aromatic heterocycles. The fourth-order valence-corrected chi connectivity index (χ4v) is 9.12. The van der Waals surface area contributed by atoms with Crippen molar-refractivity contribution in [3.8, 4) is 55.6 Å². The molecule has 0 atom stereocenters. The molecule has 0 spiro atoms. The minimum atomic E-state index is 1.20. The first-order valence-electron chi connectivity index (χ1n) is 20.4. The normalized spacial score (nSPS) is 11.3. The molecule has 0 fully saturated rings. The van der Waals surface area contributed by atoms with Gasteiger partial charge in [-0.25, -0.2) is 0 Å². The van der Waals surface area contributed by atoms with E-state index in [1.165, 1.54) is 109 Å². The molecule has 0 nitrogen and oxygen atoms in total. The highest BCUT2D eigenvalue weighted by atomic mass is 14.2. The Morgan fingerprint density at radius 2 is 0.672 bits per heavy atom. The summed E-state index contributed by atoms with van der Waals surface area (Å²) in [6.07, 6.45) is 0. The summed E-state index contributed by atoms with van der Waals surface area (Å²) in [5.41, 5.74) is 12.3. The van der Waals surface area contributed by atoms with E-state index in [1.807, 2.05) is 13.8 Å². The molecule has 0 aliphatic carbocycles. The van der Waals surface area contributed by atoms with Crippen LogP contribution in [0.25, 0.3) is 109 Å². The zero-order valence-electron chi connectivity index (χ0n) is 32.8. The van der Waals surface area contributed by atoms with Gasteiger partial charge in [-0.15, -0.1) is 0 Å². The quantitative estimate of drug-likeness (QED) is 0.122. The molecule has 0 saturated carbocycles. The van der Waals surface area contributed by atoms with Crippen LogP contribution in [0.1, 0.15) is 13.8 Å². The Kier molecular flexibility index (Phi) is 9.09. The van der Waals surface area contributed by atoms with Crippen molar-refractivity contribution in [1.82, 2.24) is 0 Å². The molecule has 0 N–H and O–H groups in total. The van der Waals surface area contributed by atoms with Gasteiger partial charge in [0.2, 0.25) is 0 Å². The van der Waals surface area contributed by atoms with Gasteiger partial charge in [-0.2, -0.15) is 0 Å².